The Hall–Kier alpha value is -5.99. The number of ether oxygens (including phenoxy) is 1. The van der Waals surface area contributed by atoms with E-state index in [1.54, 1.807) is 24.5 Å². The van der Waals surface area contributed by atoms with Crippen LogP contribution in [0.4, 0.5) is 0 Å². The van der Waals surface area contributed by atoms with Gasteiger partial charge >= 0.3 is 5.97 Å². The van der Waals surface area contributed by atoms with Crippen molar-refractivity contribution in [2.24, 2.45) is 23.7 Å². The zero-order valence-corrected chi connectivity index (χ0v) is 27.7. The maximum absolute atomic E-state index is 14.5. The normalized spacial score (nSPS) is 22.7. The number of benzene rings is 3. The van der Waals surface area contributed by atoms with Gasteiger partial charge in [-0.3, -0.25) is 29.3 Å². The number of hydrogen-bond donors (Lipinski definition) is 1. The zero-order valence-electron chi connectivity index (χ0n) is 27.7. The van der Waals surface area contributed by atoms with Gasteiger partial charge in [-0.15, -0.1) is 0 Å². The van der Waals surface area contributed by atoms with Crippen LogP contribution in [0.5, 0.6) is 0 Å². The standard InChI is InChI=1S/C43H35N3O5/c47-35(26-28-14-4-1-5-15-28)51-25-24-46-41(48)38-31-27-32(43(50,30-18-8-3-9-19-30)34-21-11-13-23-45-34)39(40(38)42(46)49)37(31)36(29-16-6-2-7-17-29)33-20-10-12-22-44-33/h1-23,27,31,38-40,50H,24-26H2. The summed E-state index contributed by atoms with van der Waals surface area (Å²) in [6, 6.07) is 39.6. The molecule has 8 nitrogen and oxygen atoms in total. The Labute approximate surface area is 295 Å². The lowest BCUT2D eigenvalue weighted by atomic mass is 9.71. The lowest BCUT2D eigenvalue weighted by Gasteiger charge is -2.36. The van der Waals surface area contributed by atoms with Crippen molar-refractivity contribution in [2.75, 3.05) is 13.2 Å². The second kappa shape index (κ2) is 13.4. The number of esters is 1. The van der Waals surface area contributed by atoms with E-state index in [1.165, 1.54) is 4.90 Å². The molecule has 5 aromatic rings. The molecule has 1 aliphatic heterocycles. The van der Waals surface area contributed by atoms with Crippen molar-refractivity contribution < 1.29 is 24.2 Å². The molecule has 3 aliphatic rings. The molecule has 2 aromatic heterocycles. The van der Waals surface area contributed by atoms with Crippen LogP contribution in [0.1, 0.15) is 28.1 Å². The van der Waals surface area contributed by atoms with Gasteiger partial charge in [0.25, 0.3) is 0 Å². The Morgan fingerprint density at radius 2 is 1.37 bits per heavy atom. The quantitative estimate of drug-likeness (QED) is 0.114. The van der Waals surface area contributed by atoms with Gasteiger partial charge in [0.2, 0.25) is 11.8 Å². The Balaban J connectivity index is 1.22. The number of carbonyl (C=O) groups excluding carboxylic acids is 3. The van der Waals surface area contributed by atoms with E-state index in [-0.39, 0.29) is 31.4 Å². The van der Waals surface area contributed by atoms with Gasteiger partial charge in [-0.25, -0.2) is 0 Å². The summed E-state index contributed by atoms with van der Waals surface area (Å²) >= 11 is 0. The van der Waals surface area contributed by atoms with Gasteiger partial charge in [0, 0.05) is 29.8 Å². The summed E-state index contributed by atoms with van der Waals surface area (Å²) in [6.45, 7) is -0.153. The van der Waals surface area contributed by atoms with Crippen molar-refractivity contribution in [3.05, 3.63) is 185 Å². The second-order valence-electron chi connectivity index (χ2n) is 13.1. The van der Waals surface area contributed by atoms with E-state index in [9.17, 15) is 19.5 Å². The van der Waals surface area contributed by atoms with Gasteiger partial charge in [-0.1, -0.05) is 109 Å². The fourth-order valence-electron chi connectivity index (χ4n) is 8.20. The first-order chi connectivity index (χ1) is 25.0. The van der Waals surface area contributed by atoms with Crippen LogP contribution in [0.25, 0.3) is 5.57 Å². The van der Waals surface area contributed by atoms with Crippen molar-refractivity contribution in [3.63, 3.8) is 0 Å². The minimum atomic E-state index is -1.70. The number of allylic oxidation sites excluding steroid dienone is 2. The highest BCUT2D eigenvalue weighted by Crippen LogP contribution is 2.64. The molecule has 252 valence electrons. The largest absolute Gasteiger partial charge is 0.464 e. The summed E-state index contributed by atoms with van der Waals surface area (Å²) in [5, 5.41) is 13.0. The first-order valence-corrected chi connectivity index (χ1v) is 17.1. The predicted octanol–water partition coefficient (Wildman–Crippen LogP) is 5.79. The van der Waals surface area contributed by atoms with E-state index in [4.69, 9.17) is 9.72 Å². The van der Waals surface area contributed by atoms with E-state index in [0.29, 0.717) is 22.5 Å². The van der Waals surface area contributed by atoms with Gasteiger partial charge < -0.3 is 9.84 Å². The number of carbonyl (C=O) groups is 3. The molecule has 1 saturated carbocycles. The summed E-state index contributed by atoms with van der Waals surface area (Å²) in [5.74, 6) is -3.70. The number of hydrogen-bond acceptors (Lipinski definition) is 7. The summed E-state index contributed by atoms with van der Waals surface area (Å²) in [6.07, 6.45) is 5.46. The SMILES string of the molecule is O=C(Cc1ccccc1)OCCN1C(=O)C2C3C=C(C(O)(c4ccccc4)c4ccccn4)C(C3=C(c3ccccc3)c3ccccn3)C2C1=O. The summed E-state index contributed by atoms with van der Waals surface area (Å²) in [7, 11) is 0. The highest BCUT2D eigenvalue weighted by atomic mass is 16.5. The van der Waals surface area contributed by atoms with E-state index < -0.39 is 35.2 Å². The van der Waals surface area contributed by atoms with Gasteiger partial charge in [-0.2, -0.15) is 0 Å². The average Bonchev–Trinajstić information content (AvgIpc) is 3.79. The smallest absolute Gasteiger partial charge is 0.310 e. The molecular formula is C43H35N3O5. The predicted molar refractivity (Wildman–Crippen MR) is 190 cm³/mol. The van der Waals surface area contributed by atoms with E-state index in [0.717, 1.165) is 22.3 Å². The van der Waals surface area contributed by atoms with E-state index >= 15 is 0 Å². The molecule has 2 amide bonds. The number of aromatic nitrogens is 2. The Morgan fingerprint density at radius 1 is 0.745 bits per heavy atom. The summed E-state index contributed by atoms with van der Waals surface area (Å²) in [4.78, 5) is 52.1. The van der Waals surface area contributed by atoms with E-state index in [2.05, 4.69) is 4.98 Å². The van der Waals surface area contributed by atoms with Crippen LogP contribution < -0.4 is 0 Å². The number of pyridine rings is 2. The minimum Gasteiger partial charge on any atom is -0.464 e. The van der Waals surface area contributed by atoms with Crippen molar-refractivity contribution in [1.29, 1.82) is 0 Å². The molecule has 2 fully saturated rings. The lowest BCUT2D eigenvalue weighted by molar-refractivity contribution is -0.148. The molecule has 0 spiro atoms. The maximum atomic E-state index is 14.5. The summed E-state index contributed by atoms with van der Waals surface area (Å²) in [5.41, 5.74) is 4.09. The fourth-order valence-corrected chi connectivity index (χ4v) is 8.20. The molecule has 2 bridgehead atoms. The maximum Gasteiger partial charge on any atom is 0.310 e. The average molecular weight is 674 g/mol. The Morgan fingerprint density at radius 3 is 2.04 bits per heavy atom. The molecule has 5 unspecified atom stereocenters. The van der Waals surface area contributed by atoms with Gasteiger partial charge in [0.05, 0.1) is 36.2 Å². The van der Waals surface area contributed by atoms with Crippen molar-refractivity contribution in [3.8, 4) is 0 Å². The third-order valence-corrected chi connectivity index (χ3v) is 10.3. The van der Waals surface area contributed by atoms with Gasteiger partial charge in [0.15, 0.2) is 5.60 Å². The number of likely N-dealkylation sites (tertiary alicyclic amines) is 1. The molecule has 3 heterocycles. The number of aliphatic hydroxyl groups is 1. The molecule has 2 aliphatic carbocycles. The molecule has 8 rings (SSSR count). The van der Waals surface area contributed by atoms with Crippen LogP contribution in [0.15, 0.2) is 157 Å². The molecule has 51 heavy (non-hydrogen) atoms. The molecular weight excluding hydrogens is 638 g/mol. The molecule has 1 N–H and O–H groups in total. The second-order valence-corrected chi connectivity index (χ2v) is 13.1. The van der Waals surface area contributed by atoms with Gasteiger partial charge in [0.1, 0.15) is 6.61 Å². The van der Waals surface area contributed by atoms with Crippen molar-refractivity contribution >= 4 is 23.4 Å². The van der Waals surface area contributed by atoms with Crippen LogP contribution in [0.3, 0.4) is 0 Å². The Bertz CT molecular complexity index is 2060. The third kappa shape index (κ3) is 5.58. The third-order valence-electron chi connectivity index (χ3n) is 10.3. The van der Waals surface area contributed by atoms with Crippen molar-refractivity contribution in [2.45, 2.75) is 12.0 Å². The minimum absolute atomic E-state index is 0.0476. The van der Waals surface area contributed by atoms with Crippen molar-refractivity contribution in [1.82, 2.24) is 14.9 Å². The highest BCUT2D eigenvalue weighted by Gasteiger charge is 2.66. The molecule has 5 atom stereocenters. The van der Waals surface area contributed by atoms with Crippen LogP contribution in [0.2, 0.25) is 0 Å². The number of fused-ring (bicyclic) bond motifs is 5. The van der Waals surface area contributed by atoms with Gasteiger partial charge in [-0.05, 0) is 52.1 Å². The van der Waals surface area contributed by atoms with Crippen LogP contribution in [0, 0.1) is 23.7 Å². The molecule has 1 saturated heterocycles. The number of nitrogens with zero attached hydrogens (tertiary/aromatic N) is 3. The first-order valence-electron chi connectivity index (χ1n) is 17.1. The first kappa shape index (κ1) is 32.2. The number of rotatable bonds is 10. The molecule has 0 radical (unpaired) electrons. The molecule has 3 aromatic carbocycles. The zero-order chi connectivity index (χ0) is 35.0. The highest BCUT2D eigenvalue weighted by molar-refractivity contribution is 6.08. The van der Waals surface area contributed by atoms with E-state index in [1.807, 2.05) is 121 Å². The van der Waals surface area contributed by atoms with Crippen LogP contribution >= 0.6 is 0 Å². The van der Waals surface area contributed by atoms with Crippen LogP contribution in [-0.2, 0) is 31.1 Å². The lowest BCUT2D eigenvalue weighted by Crippen LogP contribution is -2.39. The topological polar surface area (TPSA) is 110 Å². The molecule has 8 heteroatoms. The fraction of sp³-hybridized carbons (Fsp3) is 0.186. The Kier molecular flexibility index (Phi) is 8.45. The monoisotopic (exact) mass is 673 g/mol. The van der Waals surface area contributed by atoms with Crippen LogP contribution in [-0.4, -0.2) is 50.9 Å². The summed E-state index contributed by atoms with van der Waals surface area (Å²) < 4.78 is 5.50. The number of amides is 2. The number of imide groups is 1.